The minimum absolute atomic E-state index is 0. The average Bonchev–Trinajstić information content (AvgIpc) is 2.91. The van der Waals surface area contributed by atoms with Crippen molar-refractivity contribution < 1.29 is 22.7 Å². The zero-order valence-electron chi connectivity index (χ0n) is 23.2. The van der Waals surface area contributed by atoms with E-state index in [4.69, 9.17) is 15.9 Å². The normalized spacial score (nSPS) is 20.4. The molecule has 40 heavy (non-hydrogen) atoms. The molecule has 3 aliphatic heterocycles. The van der Waals surface area contributed by atoms with Gasteiger partial charge in [0.15, 0.2) is 5.96 Å². The molecule has 0 aromatic heterocycles. The van der Waals surface area contributed by atoms with E-state index in [9.17, 15) is 18.0 Å². The van der Waals surface area contributed by atoms with Gasteiger partial charge in [-0.05, 0) is 62.9 Å². The Labute approximate surface area is 242 Å². The van der Waals surface area contributed by atoms with Crippen molar-refractivity contribution in [2.24, 2.45) is 5.73 Å². The summed E-state index contributed by atoms with van der Waals surface area (Å²) in [7, 11) is -0.819. The highest BCUT2D eigenvalue weighted by molar-refractivity contribution is 7.89. The number of nitrogens with zero attached hydrogens (tertiary/aromatic N) is 3. The van der Waals surface area contributed by atoms with Gasteiger partial charge in [-0.2, -0.15) is 4.72 Å². The van der Waals surface area contributed by atoms with Crippen molar-refractivity contribution in [1.29, 1.82) is 5.41 Å². The summed E-state index contributed by atoms with van der Waals surface area (Å²) in [5.74, 6) is -1.13. The number of methoxy groups -OCH3 is 1. The minimum Gasteiger partial charge on any atom is -0.467 e. The molecule has 13 heteroatoms. The molecule has 3 heterocycles. The highest BCUT2D eigenvalue weighted by Crippen LogP contribution is 2.25. The lowest BCUT2D eigenvalue weighted by atomic mass is 9.97. The fourth-order valence-electron chi connectivity index (χ4n) is 5.38. The highest BCUT2D eigenvalue weighted by Gasteiger charge is 2.38. The number of benzene rings is 1. The summed E-state index contributed by atoms with van der Waals surface area (Å²) in [6, 6.07) is 3.10. The smallest absolute Gasteiger partial charge is 0.328 e. The van der Waals surface area contributed by atoms with Gasteiger partial charge in [0, 0.05) is 32.7 Å². The van der Waals surface area contributed by atoms with Crippen LogP contribution in [0.15, 0.2) is 46.4 Å². The molecule has 0 radical (unpaired) electrons. The number of guanidine groups is 1. The van der Waals surface area contributed by atoms with E-state index < -0.39 is 34.0 Å². The molecule has 0 aliphatic carbocycles. The largest absolute Gasteiger partial charge is 0.467 e. The summed E-state index contributed by atoms with van der Waals surface area (Å²) in [6.45, 7) is 4.51. The zero-order chi connectivity index (χ0) is 28.3. The molecule has 4 N–H and O–H groups in total. The van der Waals surface area contributed by atoms with Gasteiger partial charge >= 0.3 is 5.97 Å². The number of esters is 1. The summed E-state index contributed by atoms with van der Waals surface area (Å²) in [6.07, 6.45) is 5.69. The van der Waals surface area contributed by atoms with E-state index in [-0.39, 0.29) is 36.2 Å². The lowest BCUT2D eigenvalue weighted by Gasteiger charge is -2.36. The van der Waals surface area contributed by atoms with E-state index in [0.29, 0.717) is 32.5 Å². The number of sulfonamides is 1. The first-order valence-electron chi connectivity index (χ1n) is 13.1. The summed E-state index contributed by atoms with van der Waals surface area (Å²) in [4.78, 5) is 31.8. The van der Waals surface area contributed by atoms with Crippen molar-refractivity contribution >= 4 is 40.3 Å². The second-order valence-electron chi connectivity index (χ2n) is 10.5. The van der Waals surface area contributed by atoms with E-state index in [1.165, 1.54) is 12.0 Å². The van der Waals surface area contributed by atoms with Gasteiger partial charge in [0.2, 0.25) is 15.9 Å². The number of fused-ring (bicyclic) bond motifs is 1. The molecule has 0 unspecified atom stereocenters. The van der Waals surface area contributed by atoms with Crippen LogP contribution < -0.4 is 10.5 Å². The molecule has 3 aliphatic rings. The number of likely N-dealkylation sites (N-methyl/N-ethyl adjacent to an activating group) is 1. The third-order valence-corrected chi connectivity index (χ3v) is 9.07. The number of carbonyl (C=O) groups is 2. The number of nitrogens with one attached hydrogen (secondary N) is 2. The first kappa shape index (κ1) is 31.6. The van der Waals surface area contributed by atoms with Crippen LogP contribution >= 0.6 is 12.4 Å². The Hall–Kier alpha value is -2.93. The van der Waals surface area contributed by atoms with Gasteiger partial charge in [0.1, 0.15) is 12.1 Å². The molecule has 220 valence electrons. The Balaban J connectivity index is 0.00000441. The third-order valence-electron chi connectivity index (χ3n) is 7.60. The van der Waals surface area contributed by atoms with E-state index in [1.807, 2.05) is 32.2 Å². The lowest BCUT2D eigenvalue weighted by Crippen LogP contribution is -2.55. The number of halogens is 1. The maximum atomic E-state index is 14.0. The lowest BCUT2D eigenvalue weighted by molar-refractivity contribution is -0.153. The second kappa shape index (κ2) is 13.2. The molecule has 4 rings (SSSR count). The monoisotopic (exact) mass is 594 g/mol. The number of nitrogens with two attached hydrogens (primary N) is 1. The van der Waals surface area contributed by atoms with Crippen LogP contribution in [0.4, 0.5) is 0 Å². The van der Waals surface area contributed by atoms with E-state index >= 15 is 0 Å². The highest BCUT2D eigenvalue weighted by atomic mass is 35.5. The van der Waals surface area contributed by atoms with Gasteiger partial charge in [0.05, 0.1) is 12.0 Å². The van der Waals surface area contributed by atoms with Crippen LogP contribution in [-0.2, 0) is 37.3 Å². The van der Waals surface area contributed by atoms with Crippen molar-refractivity contribution in [2.45, 2.75) is 56.1 Å². The fourth-order valence-corrected chi connectivity index (χ4v) is 6.62. The Kier molecular flexibility index (Phi) is 10.4. The number of rotatable bonds is 7. The molecule has 2 atom stereocenters. The van der Waals surface area contributed by atoms with Crippen LogP contribution in [0, 0.1) is 5.41 Å². The first-order valence-corrected chi connectivity index (χ1v) is 14.6. The third kappa shape index (κ3) is 7.22. The van der Waals surface area contributed by atoms with Crippen molar-refractivity contribution in [3.05, 3.63) is 52.6 Å². The molecule has 0 saturated heterocycles. The number of carbonyl (C=O) groups excluding carboxylic acids is 2. The predicted octanol–water partition coefficient (Wildman–Crippen LogP) is 1.38. The Morgan fingerprint density at radius 2 is 1.95 bits per heavy atom. The van der Waals surface area contributed by atoms with Gasteiger partial charge in [-0.25, -0.2) is 13.2 Å². The van der Waals surface area contributed by atoms with Gasteiger partial charge in [-0.3, -0.25) is 10.2 Å². The molecule has 0 fully saturated rings. The summed E-state index contributed by atoms with van der Waals surface area (Å²) in [5, 5.41) is 7.80. The zero-order valence-corrected chi connectivity index (χ0v) is 24.8. The number of amides is 1. The molecule has 1 aromatic carbocycles. The van der Waals surface area contributed by atoms with Crippen molar-refractivity contribution in [3.8, 4) is 0 Å². The molecule has 0 saturated carbocycles. The van der Waals surface area contributed by atoms with Crippen LogP contribution in [0.1, 0.15) is 37.3 Å². The predicted molar refractivity (Wildman–Crippen MR) is 155 cm³/mol. The van der Waals surface area contributed by atoms with E-state index in [1.54, 1.807) is 17.0 Å². The van der Waals surface area contributed by atoms with Crippen molar-refractivity contribution in [2.75, 3.05) is 40.3 Å². The van der Waals surface area contributed by atoms with Crippen molar-refractivity contribution in [3.63, 3.8) is 0 Å². The Morgan fingerprint density at radius 3 is 2.65 bits per heavy atom. The summed E-state index contributed by atoms with van der Waals surface area (Å²) < 4.78 is 34.9. The summed E-state index contributed by atoms with van der Waals surface area (Å²) >= 11 is 0. The molecule has 1 aromatic rings. The number of hydrogen-bond donors (Lipinski definition) is 3. The molecular weight excluding hydrogens is 556 g/mol. The number of ether oxygens (including phenoxy) is 1. The van der Waals surface area contributed by atoms with Crippen LogP contribution in [0.3, 0.4) is 0 Å². The van der Waals surface area contributed by atoms with Crippen LogP contribution in [0.5, 0.6) is 0 Å². The second-order valence-corrected chi connectivity index (χ2v) is 12.3. The average molecular weight is 595 g/mol. The van der Waals surface area contributed by atoms with Gasteiger partial charge in [0.25, 0.3) is 0 Å². The SMILES string of the molecule is COC(=O)[C@@H]1CC(C)=CCN1C(=O)[C@H](CC1=CCCN(C(=N)N)C1)NS(=O)(=O)c1ccc2c(c1)CN(C)CC2.Cl. The van der Waals surface area contributed by atoms with Crippen molar-refractivity contribution in [1.82, 2.24) is 19.4 Å². The van der Waals surface area contributed by atoms with Gasteiger partial charge in [-0.1, -0.05) is 29.4 Å². The Bertz CT molecular complexity index is 1310. The van der Waals surface area contributed by atoms with Gasteiger partial charge in [-0.15, -0.1) is 12.4 Å². The van der Waals surface area contributed by atoms with Crippen LogP contribution in [0.25, 0.3) is 0 Å². The maximum absolute atomic E-state index is 14.0. The minimum atomic E-state index is -4.08. The van der Waals surface area contributed by atoms with Crippen LogP contribution in [0.2, 0.25) is 0 Å². The topological polar surface area (TPSA) is 149 Å². The number of hydrogen-bond acceptors (Lipinski definition) is 7. The summed E-state index contributed by atoms with van der Waals surface area (Å²) in [5.41, 5.74) is 9.51. The van der Waals surface area contributed by atoms with Gasteiger partial charge < -0.3 is 25.2 Å². The molecule has 11 nitrogen and oxygen atoms in total. The maximum Gasteiger partial charge on any atom is 0.328 e. The molecule has 1 amide bonds. The van der Waals surface area contributed by atoms with Crippen LogP contribution in [-0.4, -0.2) is 93.4 Å². The molecular formula is C27H39ClN6O5S. The standard InChI is InChI=1S/C27H38N6O5S.ClH/c1-18-8-12-33(24(13-18)26(35)38-3)25(34)23(14-19-5-4-10-32(16-19)27(28)29)30-39(36,37)22-7-6-20-9-11-31(2)17-21(20)15-22;/h5-8,15,23-24,30H,4,9-14,16-17H2,1-3H3,(H3,28,29);1H/t23-,24-;/m0./s1. The van der Waals surface area contributed by atoms with E-state index in [0.717, 1.165) is 35.2 Å². The molecule has 0 spiro atoms. The molecule has 0 bridgehead atoms. The Morgan fingerprint density at radius 1 is 1.20 bits per heavy atom. The van der Waals surface area contributed by atoms with E-state index in [2.05, 4.69) is 9.62 Å². The first-order chi connectivity index (χ1) is 18.5. The fraction of sp³-hybridized carbons (Fsp3) is 0.519. The quantitative estimate of drug-likeness (QED) is 0.185.